The maximum absolute atomic E-state index is 12.7. The number of hydrogen-bond acceptors (Lipinski definition) is 4. The zero-order valence-electron chi connectivity index (χ0n) is 12.9. The van der Waals surface area contributed by atoms with Gasteiger partial charge < -0.3 is 10.2 Å². The maximum atomic E-state index is 12.7. The van der Waals surface area contributed by atoms with Gasteiger partial charge in [-0.05, 0) is 86.8 Å². The van der Waals surface area contributed by atoms with Crippen molar-refractivity contribution in [2.24, 2.45) is 0 Å². The number of aryl methyl sites for hydroxylation is 1. The van der Waals surface area contributed by atoms with E-state index < -0.39 is 22.0 Å². The number of hydrogen-bond donors (Lipinski definition) is 3. The molecular formula is C15H10I3NO6S. The minimum atomic E-state index is -4.02. The first-order chi connectivity index (χ1) is 12.0. The molecule has 0 atom stereocenters. The molecule has 0 saturated heterocycles. The molecule has 2 aromatic carbocycles. The minimum absolute atomic E-state index is 0.0120. The van der Waals surface area contributed by atoms with Crippen LogP contribution in [0.1, 0.15) is 26.3 Å². The van der Waals surface area contributed by atoms with Gasteiger partial charge in [-0.2, -0.15) is 0 Å². The van der Waals surface area contributed by atoms with E-state index in [9.17, 15) is 28.2 Å². The Morgan fingerprint density at radius 3 is 1.69 bits per heavy atom. The number of carboxylic acid groups (broad SMARTS) is 2. The fourth-order valence-electron chi connectivity index (χ4n) is 2.04. The second-order valence-corrected chi connectivity index (χ2v) is 10.0. The lowest BCUT2D eigenvalue weighted by molar-refractivity contribution is 0.0694. The van der Waals surface area contributed by atoms with E-state index in [4.69, 9.17) is 0 Å². The summed E-state index contributed by atoms with van der Waals surface area (Å²) in [5.74, 6) is -2.68. The van der Waals surface area contributed by atoms with Crippen LogP contribution in [0.25, 0.3) is 0 Å². The third-order valence-corrected chi connectivity index (χ3v) is 7.91. The predicted octanol–water partition coefficient (Wildman–Crippen LogP) is 4.01. The molecule has 0 saturated carbocycles. The number of benzene rings is 2. The molecule has 138 valence electrons. The van der Waals surface area contributed by atoms with Crippen LogP contribution in [0.3, 0.4) is 0 Å². The first kappa shape index (κ1) is 21.6. The number of carbonyl (C=O) groups is 2. The summed E-state index contributed by atoms with van der Waals surface area (Å²) < 4.78 is 27.9. The van der Waals surface area contributed by atoms with Crippen LogP contribution < -0.4 is 4.72 Å². The molecule has 2 rings (SSSR count). The lowest BCUT2D eigenvalue weighted by atomic mass is 10.1. The third kappa shape index (κ3) is 4.24. The standard InChI is InChI=1S/C15H10I3NO6S/c1-6-2-4-7(5-3-6)26(24,25)19-13-11(17)8(14(20)21)10(16)9(12(13)18)15(22)23/h2-5,19H,1H3,(H,20,21)(H,22,23). The van der Waals surface area contributed by atoms with Gasteiger partial charge in [-0.15, -0.1) is 0 Å². The number of halogens is 3. The fourth-order valence-corrected chi connectivity index (χ4v) is 7.85. The second-order valence-electron chi connectivity index (χ2n) is 5.10. The average molecular weight is 713 g/mol. The summed E-state index contributed by atoms with van der Waals surface area (Å²) >= 11 is 5.05. The molecule has 0 aromatic heterocycles. The molecule has 0 fully saturated rings. The van der Waals surface area contributed by atoms with E-state index in [-0.39, 0.29) is 32.4 Å². The van der Waals surface area contributed by atoms with E-state index >= 15 is 0 Å². The second kappa shape index (κ2) is 8.14. The molecule has 0 spiro atoms. The lowest BCUT2D eigenvalue weighted by Gasteiger charge is -2.17. The summed E-state index contributed by atoms with van der Waals surface area (Å²) in [6.07, 6.45) is 0. The van der Waals surface area contributed by atoms with Crippen molar-refractivity contribution in [3.8, 4) is 0 Å². The van der Waals surface area contributed by atoms with E-state index in [1.54, 1.807) is 79.9 Å². The Balaban J connectivity index is 2.71. The summed E-state index contributed by atoms with van der Waals surface area (Å²) in [5, 5.41) is 18.9. The Morgan fingerprint density at radius 2 is 1.31 bits per heavy atom. The van der Waals surface area contributed by atoms with Crippen LogP contribution in [0.4, 0.5) is 5.69 Å². The third-order valence-electron chi connectivity index (χ3n) is 3.31. The average Bonchev–Trinajstić information content (AvgIpc) is 2.51. The van der Waals surface area contributed by atoms with E-state index in [0.717, 1.165) is 5.56 Å². The Bertz CT molecular complexity index is 978. The molecule has 26 heavy (non-hydrogen) atoms. The molecule has 3 N–H and O–H groups in total. The first-order valence-electron chi connectivity index (χ1n) is 6.74. The SMILES string of the molecule is Cc1ccc(S(=O)(=O)Nc2c(I)c(C(=O)O)c(I)c(C(=O)O)c2I)cc1. The zero-order chi connectivity index (χ0) is 19.8. The molecule has 7 nitrogen and oxygen atoms in total. The van der Waals surface area contributed by atoms with Crippen LogP contribution in [0, 0.1) is 17.6 Å². The molecule has 0 radical (unpaired) electrons. The monoisotopic (exact) mass is 713 g/mol. The Labute approximate surface area is 190 Å². The summed E-state index contributed by atoms with van der Waals surface area (Å²) in [4.78, 5) is 23.1. The Morgan fingerprint density at radius 1 is 0.885 bits per heavy atom. The van der Waals surface area contributed by atoms with Gasteiger partial charge in [0.05, 0.1) is 28.9 Å². The van der Waals surface area contributed by atoms with Gasteiger partial charge in [0.25, 0.3) is 10.0 Å². The van der Waals surface area contributed by atoms with Crippen LogP contribution in [0.15, 0.2) is 29.2 Å². The van der Waals surface area contributed by atoms with Crippen LogP contribution in [-0.4, -0.2) is 30.6 Å². The maximum Gasteiger partial charge on any atom is 0.337 e. The van der Waals surface area contributed by atoms with Gasteiger partial charge in [0.2, 0.25) is 0 Å². The van der Waals surface area contributed by atoms with Crippen molar-refractivity contribution in [1.82, 2.24) is 0 Å². The number of anilines is 1. The van der Waals surface area contributed by atoms with Gasteiger partial charge in [0.15, 0.2) is 0 Å². The van der Waals surface area contributed by atoms with Crippen molar-refractivity contribution >= 4 is 95.4 Å². The fraction of sp³-hybridized carbons (Fsp3) is 0.0667. The number of nitrogens with one attached hydrogen (secondary N) is 1. The highest BCUT2D eigenvalue weighted by Gasteiger charge is 2.29. The van der Waals surface area contributed by atoms with E-state index in [0.29, 0.717) is 0 Å². The molecule has 0 aliphatic heterocycles. The highest BCUT2D eigenvalue weighted by molar-refractivity contribution is 14.1. The van der Waals surface area contributed by atoms with Gasteiger partial charge in [0.1, 0.15) is 0 Å². The van der Waals surface area contributed by atoms with Crippen molar-refractivity contribution < 1.29 is 28.2 Å². The summed E-state index contributed by atoms with van der Waals surface area (Å²) in [6, 6.07) is 6.09. The molecule has 0 aliphatic rings. The Kier molecular flexibility index (Phi) is 6.76. The quantitative estimate of drug-likeness (QED) is 0.404. The van der Waals surface area contributed by atoms with Gasteiger partial charge in [-0.25, -0.2) is 18.0 Å². The minimum Gasteiger partial charge on any atom is -0.478 e. The number of rotatable bonds is 5. The van der Waals surface area contributed by atoms with Crippen molar-refractivity contribution in [3.63, 3.8) is 0 Å². The highest BCUT2D eigenvalue weighted by atomic mass is 127. The first-order valence-corrected chi connectivity index (χ1v) is 11.5. The van der Waals surface area contributed by atoms with Gasteiger partial charge in [-0.1, -0.05) is 17.7 Å². The summed E-state index contributed by atoms with van der Waals surface area (Å²) in [5.41, 5.74) is 0.293. The zero-order valence-corrected chi connectivity index (χ0v) is 20.2. The van der Waals surface area contributed by atoms with Crippen molar-refractivity contribution in [2.75, 3.05) is 4.72 Å². The molecule has 0 heterocycles. The van der Waals surface area contributed by atoms with E-state index in [1.165, 1.54) is 12.1 Å². The summed E-state index contributed by atoms with van der Waals surface area (Å²) in [7, 11) is -4.02. The van der Waals surface area contributed by atoms with Crippen molar-refractivity contribution in [1.29, 1.82) is 0 Å². The van der Waals surface area contributed by atoms with Crippen LogP contribution in [0.5, 0.6) is 0 Å². The number of carboxylic acids is 2. The number of sulfonamides is 1. The smallest absolute Gasteiger partial charge is 0.337 e. The Hall–Kier alpha value is -0.680. The molecule has 2 aromatic rings. The van der Waals surface area contributed by atoms with Crippen LogP contribution >= 0.6 is 67.8 Å². The molecule has 0 unspecified atom stereocenters. The predicted molar refractivity (Wildman–Crippen MR) is 120 cm³/mol. The van der Waals surface area contributed by atoms with Crippen LogP contribution in [0.2, 0.25) is 0 Å². The van der Waals surface area contributed by atoms with E-state index in [1.807, 2.05) is 6.92 Å². The molecule has 0 aliphatic carbocycles. The topological polar surface area (TPSA) is 121 Å². The normalized spacial score (nSPS) is 11.2. The molecular weight excluding hydrogens is 703 g/mol. The molecule has 11 heteroatoms. The van der Waals surface area contributed by atoms with Gasteiger partial charge in [0, 0.05) is 3.57 Å². The largest absolute Gasteiger partial charge is 0.478 e. The molecule has 0 bridgehead atoms. The van der Waals surface area contributed by atoms with Gasteiger partial charge >= 0.3 is 11.9 Å². The molecule has 0 amide bonds. The van der Waals surface area contributed by atoms with Gasteiger partial charge in [-0.3, -0.25) is 4.72 Å². The summed E-state index contributed by atoms with van der Waals surface area (Å²) in [6.45, 7) is 1.81. The number of aromatic carboxylic acids is 2. The highest BCUT2D eigenvalue weighted by Crippen LogP contribution is 2.36. The van der Waals surface area contributed by atoms with Crippen molar-refractivity contribution in [3.05, 3.63) is 51.7 Å². The lowest BCUT2D eigenvalue weighted by Crippen LogP contribution is -2.20. The van der Waals surface area contributed by atoms with Crippen molar-refractivity contribution in [2.45, 2.75) is 11.8 Å². The van der Waals surface area contributed by atoms with Crippen LogP contribution in [-0.2, 0) is 10.0 Å². The van der Waals surface area contributed by atoms with E-state index in [2.05, 4.69) is 4.72 Å².